The van der Waals surface area contributed by atoms with Crippen LogP contribution in [0.5, 0.6) is 0 Å². The molecule has 0 saturated heterocycles. The van der Waals surface area contributed by atoms with Crippen molar-refractivity contribution in [3.63, 3.8) is 0 Å². The predicted octanol–water partition coefficient (Wildman–Crippen LogP) is 2.00. The van der Waals surface area contributed by atoms with Gasteiger partial charge in [0, 0.05) is 14.2 Å². The first-order chi connectivity index (χ1) is 10.5. The van der Waals surface area contributed by atoms with Gasteiger partial charge in [-0.3, -0.25) is 4.90 Å². The summed E-state index contributed by atoms with van der Waals surface area (Å²) in [5.74, 6) is -0.606. The Balaban J connectivity index is 2.75. The molecule has 1 aromatic carbocycles. The number of hydrogen-bond donors (Lipinski definition) is 0. The Kier molecular flexibility index (Phi) is 7.12. The lowest BCUT2D eigenvalue weighted by Crippen LogP contribution is -2.50. The largest absolute Gasteiger partial charge is 0.467 e. The molecule has 0 saturated carbocycles. The molecule has 0 spiro atoms. The van der Waals surface area contributed by atoms with Crippen molar-refractivity contribution in [3.05, 3.63) is 48.6 Å². The molecule has 120 valence electrons. The molecule has 0 aromatic heterocycles. The first-order valence-corrected chi connectivity index (χ1v) is 6.71. The zero-order chi connectivity index (χ0) is 16.5. The molecule has 1 amide bonds. The average molecular weight is 307 g/mol. The van der Waals surface area contributed by atoms with E-state index in [2.05, 4.69) is 6.58 Å². The lowest BCUT2D eigenvalue weighted by molar-refractivity contribution is -0.149. The second kappa shape index (κ2) is 8.84. The van der Waals surface area contributed by atoms with Crippen LogP contribution in [-0.4, -0.2) is 50.4 Å². The van der Waals surface area contributed by atoms with Crippen LogP contribution in [0.1, 0.15) is 5.56 Å². The highest BCUT2D eigenvalue weighted by Crippen LogP contribution is 2.12. The molecule has 0 N–H and O–H groups in total. The van der Waals surface area contributed by atoms with Crippen molar-refractivity contribution >= 4 is 12.1 Å². The van der Waals surface area contributed by atoms with Crippen LogP contribution in [0.25, 0.3) is 0 Å². The van der Waals surface area contributed by atoms with Crippen LogP contribution < -0.4 is 0 Å². The van der Waals surface area contributed by atoms with Gasteiger partial charge in [0.25, 0.3) is 0 Å². The van der Waals surface area contributed by atoms with Gasteiger partial charge in [-0.2, -0.15) is 0 Å². The molecular weight excluding hydrogens is 286 g/mol. The third kappa shape index (κ3) is 4.60. The number of carbonyl (C=O) groups excluding carboxylic acids is 2. The zero-order valence-corrected chi connectivity index (χ0v) is 13.0. The first kappa shape index (κ1) is 17.7. The van der Waals surface area contributed by atoms with Crippen LogP contribution in [0.4, 0.5) is 4.79 Å². The van der Waals surface area contributed by atoms with Gasteiger partial charge in [0.05, 0.1) is 7.11 Å². The number of ether oxygens (including phenoxy) is 3. The Morgan fingerprint density at radius 2 is 1.91 bits per heavy atom. The van der Waals surface area contributed by atoms with Gasteiger partial charge < -0.3 is 14.2 Å². The molecule has 0 fully saturated rings. The smallest absolute Gasteiger partial charge is 0.410 e. The van der Waals surface area contributed by atoms with Gasteiger partial charge in [0.1, 0.15) is 12.7 Å². The summed E-state index contributed by atoms with van der Waals surface area (Å²) in [6, 6.07) is 8.29. The summed E-state index contributed by atoms with van der Waals surface area (Å²) in [6.45, 7) is 3.71. The van der Waals surface area contributed by atoms with E-state index >= 15 is 0 Å². The number of hydrogen-bond acceptors (Lipinski definition) is 5. The fraction of sp³-hybridized carbons (Fsp3) is 0.375. The van der Waals surface area contributed by atoms with Gasteiger partial charge >= 0.3 is 12.1 Å². The number of benzene rings is 1. The molecule has 0 radical (unpaired) electrons. The fourth-order valence-corrected chi connectivity index (χ4v) is 1.92. The van der Waals surface area contributed by atoms with Crippen molar-refractivity contribution in [3.8, 4) is 0 Å². The molecule has 22 heavy (non-hydrogen) atoms. The maximum atomic E-state index is 12.1. The van der Waals surface area contributed by atoms with Gasteiger partial charge in [-0.1, -0.05) is 36.4 Å². The SMILES string of the molecule is C=C[C@H](OC)[C@H](C(=O)OC)N(C)C(=O)OCc1ccccc1. The lowest BCUT2D eigenvalue weighted by atomic mass is 10.1. The normalized spacial score (nSPS) is 12.9. The highest BCUT2D eigenvalue weighted by molar-refractivity contribution is 5.82. The van der Waals surface area contributed by atoms with Gasteiger partial charge in [-0.05, 0) is 5.56 Å². The Bertz CT molecular complexity index is 503. The summed E-state index contributed by atoms with van der Waals surface area (Å²) in [7, 11) is 4.12. The minimum Gasteiger partial charge on any atom is -0.467 e. The van der Waals surface area contributed by atoms with E-state index in [1.54, 1.807) is 0 Å². The van der Waals surface area contributed by atoms with Crippen LogP contribution in [0.3, 0.4) is 0 Å². The third-order valence-electron chi connectivity index (χ3n) is 3.17. The van der Waals surface area contributed by atoms with Crippen LogP contribution in [-0.2, 0) is 25.6 Å². The van der Waals surface area contributed by atoms with Crippen LogP contribution in [0.15, 0.2) is 43.0 Å². The van der Waals surface area contributed by atoms with Crippen molar-refractivity contribution in [2.24, 2.45) is 0 Å². The Morgan fingerprint density at radius 1 is 1.27 bits per heavy atom. The minimum absolute atomic E-state index is 0.115. The van der Waals surface area contributed by atoms with Crippen LogP contribution >= 0.6 is 0 Å². The minimum atomic E-state index is -0.962. The number of amides is 1. The lowest BCUT2D eigenvalue weighted by Gasteiger charge is -2.29. The van der Waals surface area contributed by atoms with E-state index in [1.165, 1.54) is 27.3 Å². The standard InChI is InChI=1S/C16H21NO5/c1-5-13(20-3)14(15(18)21-4)17(2)16(19)22-11-12-9-7-6-8-10-12/h5-10,13-14H,1,11H2,2-4H3/t13-,14+/m0/s1. The van der Waals surface area contributed by atoms with Crippen LogP contribution in [0, 0.1) is 0 Å². The second-order valence-electron chi connectivity index (χ2n) is 4.56. The number of esters is 1. The van der Waals surface area contributed by atoms with Gasteiger partial charge in [-0.15, -0.1) is 6.58 Å². The molecular formula is C16H21NO5. The average Bonchev–Trinajstić information content (AvgIpc) is 2.57. The molecule has 0 heterocycles. The number of rotatable bonds is 7. The molecule has 1 aromatic rings. The monoisotopic (exact) mass is 307 g/mol. The molecule has 2 atom stereocenters. The van der Waals surface area contributed by atoms with E-state index in [0.717, 1.165) is 10.5 Å². The van der Waals surface area contributed by atoms with Crippen molar-refractivity contribution < 1.29 is 23.8 Å². The van der Waals surface area contributed by atoms with E-state index < -0.39 is 24.2 Å². The zero-order valence-electron chi connectivity index (χ0n) is 13.0. The Hall–Kier alpha value is -2.34. The van der Waals surface area contributed by atoms with E-state index in [9.17, 15) is 9.59 Å². The molecule has 0 aliphatic rings. The molecule has 1 rings (SSSR count). The van der Waals surface area contributed by atoms with Crippen molar-refractivity contribution in [1.29, 1.82) is 0 Å². The quantitative estimate of drug-likeness (QED) is 0.569. The topological polar surface area (TPSA) is 65.1 Å². The van der Waals surface area contributed by atoms with Gasteiger partial charge in [-0.25, -0.2) is 9.59 Å². The van der Waals surface area contributed by atoms with E-state index in [1.807, 2.05) is 30.3 Å². The summed E-state index contributed by atoms with van der Waals surface area (Å²) in [6.07, 6.45) is 0.0904. The second-order valence-corrected chi connectivity index (χ2v) is 4.56. The molecule has 0 bridgehead atoms. The number of methoxy groups -OCH3 is 2. The van der Waals surface area contributed by atoms with E-state index in [-0.39, 0.29) is 6.61 Å². The number of nitrogens with zero attached hydrogens (tertiary/aromatic N) is 1. The van der Waals surface area contributed by atoms with E-state index in [4.69, 9.17) is 14.2 Å². The van der Waals surface area contributed by atoms with Gasteiger partial charge in [0.15, 0.2) is 6.04 Å². The van der Waals surface area contributed by atoms with Crippen molar-refractivity contribution in [2.75, 3.05) is 21.3 Å². The molecule has 0 aliphatic carbocycles. The third-order valence-corrected chi connectivity index (χ3v) is 3.17. The maximum absolute atomic E-state index is 12.1. The summed E-state index contributed by atoms with van der Waals surface area (Å²) >= 11 is 0. The summed E-state index contributed by atoms with van der Waals surface area (Å²) in [5, 5.41) is 0. The first-order valence-electron chi connectivity index (χ1n) is 6.71. The summed E-state index contributed by atoms with van der Waals surface area (Å²) in [4.78, 5) is 25.2. The van der Waals surface area contributed by atoms with Crippen molar-refractivity contribution in [2.45, 2.75) is 18.8 Å². The van der Waals surface area contributed by atoms with E-state index in [0.29, 0.717) is 0 Å². The summed E-state index contributed by atoms with van der Waals surface area (Å²) in [5.41, 5.74) is 0.853. The van der Waals surface area contributed by atoms with Gasteiger partial charge in [0.2, 0.25) is 0 Å². The maximum Gasteiger partial charge on any atom is 0.410 e. The van der Waals surface area contributed by atoms with Crippen LogP contribution in [0.2, 0.25) is 0 Å². The highest BCUT2D eigenvalue weighted by Gasteiger charge is 2.35. The fourth-order valence-electron chi connectivity index (χ4n) is 1.92. The predicted molar refractivity (Wildman–Crippen MR) is 81.2 cm³/mol. The molecule has 6 heteroatoms. The molecule has 0 unspecified atom stereocenters. The van der Waals surface area contributed by atoms with Crippen molar-refractivity contribution in [1.82, 2.24) is 4.90 Å². The highest BCUT2D eigenvalue weighted by atomic mass is 16.6. The number of carbonyl (C=O) groups is 2. The Morgan fingerprint density at radius 3 is 2.41 bits per heavy atom. The molecule has 6 nitrogen and oxygen atoms in total. The molecule has 0 aliphatic heterocycles. The summed E-state index contributed by atoms with van der Waals surface area (Å²) < 4.78 is 15.1. The Labute approximate surface area is 130 Å². The number of likely N-dealkylation sites (N-methyl/N-ethyl adjacent to an activating group) is 1.